The van der Waals surface area contributed by atoms with Crippen LogP contribution in [-0.2, 0) is 6.42 Å². The van der Waals surface area contributed by atoms with Crippen molar-refractivity contribution in [3.05, 3.63) is 34.1 Å². The second-order valence-electron chi connectivity index (χ2n) is 2.38. The van der Waals surface area contributed by atoms with Crippen molar-refractivity contribution in [1.82, 2.24) is 0 Å². The second kappa shape index (κ2) is 3.96. The van der Waals surface area contributed by atoms with Crippen LogP contribution in [0.2, 0.25) is 0 Å². The van der Waals surface area contributed by atoms with Crippen LogP contribution in [0.15, 0.2) is 22.7 Å². The molecule has 64 valence electrons. The fourth-order valence-electron chi connectivity index (χ4n) is 0.853. The molecule has 2 N–H and O–H groups in total. The van der Waals surface area contributed by atoms with Crippen molar-refractivity contribution in [2.75, 3.05) is 0 Å². The molecule has 0 saturated carbocycles. The van der Waals surface area contributed by atoms with Crippen molar-refractivity contribution < 1.29 is 4.39 Å². The zero-order valence-corrected chi connectivity index (χ0v) is 8.58. The van der Waals surface area contributed by atoms with Gasteiger partial charge in [0.05, 0.1) is 4.99 Å². The molecule has 0 unspecified atom stereocenters. The number of thiocarbonyl (C=S) groups is 1. The molecule has 0 spiro atoms. The van der Waals surface area contributed by atoms with E-state index in [9.17, 15) is 4.39 Å². The first-order valence-electron chi connectivity index (χ1n) is 3.32. The van der Waals surface area contributed by atoms with Gasteiger partial charge in [-0.2, -0.15) is 0 Å². The van der Waals surface area contributed by atoms with E-state index >= 15 is 0 Å². The number of hydrogen-bond donors (Lipinski definition) is 1. The third-order valence-electron chi connectivity index (χ3n) is 1.38. The standard InChI is InChI=1S/C8H7BrFNS/c9-7-4-6(10)2-1-5(7)3-8(11)12/h1-2,4H,3H2,(H2,11,12). The summed E-state index contributed by atoms with van der Waals surface area (Å²) < 4.78 is 13.3. The van der Waals surface area contributed by atoms with Crippen LogP contribution in [0.25, 0.3) is 0 Å². The molecular formula is C8H7BrFNS. The topological polar surface area (TPSA) is 26.0 Å². The van der Waals surface area contributed by atoms with Gasteiger partial charge in [0.2, 0.25) is 0 Å². The highest BCUT2D eigenvalue weighted by Gasteiger charge is 2.01. The summed E-state index contributed by atoms with van der Waals surface area (Å²) in [5.41, 5.74) is 6.25. The largest absolute Gasteiger partial charge is 0.393 e. The maximum absolute atomic E-state index is 12.6. The monoisotopic (exact) mass is 247 g/mol. The van der Waals surface area contributed by atoms with Gasteiger partial charge in [-0.1, -0.05) is 34.2 Å². The van der Waals surface area contributed by atoms with Crippen molar-refractivity contribution in [3.8, 4) is 0 Å². The van der Waals surface area contributed by atoms with E-state index in [-0.39, 0.29) is 5.82 Å². The molecule has 12 heavy (non-hydrogen) atoms. The van der Waals surface area contributed by atoms with Gasteiger partial charge in [-0.15, -0.1) is 0 Å². The highest BCUT2D eigenvalue weighted by Crippen LogP contribution is 2.18. The Hall–Kier alpha value is -0.480. The first-order chi connectivity index (χ1) is 5.59. The van der Waals surface area contributed by atoms with E-state index in [4.69, 9.17) is 18.0 Å². The van der Waals surface area contributed by atoms with E-state index in [1.165, 1.54) is 12.1 Å². The Morgan fingerprint density at radius 3 is 2.75 bits per heavy atom. The van der Waals surface area contributed by atoms with Crippen LogP contribution in [-0.4, -0.2) is 4.99 Å². The quantitative estimate of drug-likeness (QED) is 0.813. The summed E-state index contributed by atoms with van der Waals surface area (Å²) in [5, 5.41) is 0. The molecule has 0 saturated heterocycles. The second-order valence-corrected chi connectivity index (χ2v) is 3.76. The van der Waals surface area contributed by atoms with Crippen LogP contribution in [0.1, 0.15) is 5.56 Å². The van der Waals surface area contributed by atoms with Crippen LogP contribution < -0.4 is 5.73 Å². The molecular weight excluding hydrogens is 241 g/mol. The Balaban J connectivity index is 2.93. The lowest BCUT2D eigenvalue weighted by molar-refractivity contribution is 0.626. The SMILES string of the molecule is NC(=S)Cc1ccc(F)cc1Br. The van der Waals surface area contributed by atoms with E-state index in [0.717, 1.165) is 5.56 Å². The third-order valence-corrected chi connectivity index (χ3v) is 2.26. The molecule has 0 aliphatic rings. The Bertz CT molecular complexity index is 314. The van der Waals surface area contributed by atoms with Gasteiger partial charge < -0.3 is 5.73 Å². The van der Waals surface area contributed by atoms with Crippen molar-refractivity contribution in [2.24, 2.45) is 5.73 Å². The van der Waals surface area contributed by atoms with Gasteiger partial charge in [0.25, 0.3) is 0 Å². The summed E-state index contributed by atoms with van der Waals surface area (Å²) in [6.07, 6.45) is 0.496. The van der Waals surface area contributed by atoms with Crippen LogP contribution >= 0.6 is 28.1 Å². The summed E-state index contributed by atoms with van der Waals surface area (Å²) in [7, 11) is 0. The van der Waals surface area contributed by atoms with Crippen molar-refractivity contribution in [3.63, 3.8) is 0 Å². The smallest absolute Gasteiger partial charge is 0.124 e. The third kappa shape index (κ3) is 2.53. The summed E-state index contributed by atoms with van der Waals surface area (Å²) in [6.45, 7) is 0. The van der Waals surface area contributed by atoms with Crippen LogP contribution in [0.4, 0.5) is 4.39 Å². The predicted molar refractivity (Wildman–Crippen MR) is 54.6 cm³/mol. The van der Waals surface area contributed by atoms with Gasteiger partial charge in [0.15, 0.2) is 0 Å². The number of halogens is 2. The molecule has 0 aliphatic heterocycles. The molecule has 1 rings (SSSR count). The average molecular weight is 248 g/mol. The number of benzene rings is 1. The molecule has 0 aromatic heterocycles. The van der Waals surface area contributed by atoms with Crippen molar-refractivity contribution >= 4 is 33.1 Å². The van der Waals surface area contributed by atoms with Gasteiger partial charge in [-0.3, -0.25) is 0 Å². The minimum absolute atomic E-state index is 0.270. The Kier molecular flexibility index (Phi) is 3.17. The predicted octanol–water partition coefficient (Wildman–Crippen LogP) is 2.42. The highest BCUT2D eigenvalue weighted by molar-refractivity contribution is 9.10. The van der Waals surface area contributed by atoms with Crippen LogP contribution in [0.3, 0.4) is 0 Å². The average Bonchev–Trinajstić information content (AvgIpc) is 1.94. The molecule has 0 amide bonds. The van der Waals surface area contributed by atoms with Gasteiger partial charge >= 0.3 is 0 Å². The van der Waals surface area contributed by atoms with Gasteiger partial charge in [0, 0.05) is 10.9 Å². The van der Waals surface area contributed by atoms with Crippen molar-refractivity contribution in [1.29, 1.82) is 0 Å². The minimum atomic E-state index is -0.270. The number of hydrogen-bond acceptors (Lipinski definition) is 1. The lowest BCUT2D eigenvalue weighted by atomic mass is 10.1. The summed E-state index contributed by atoms with van der Waals surface area (Å²) >= 11 is 7.95. The molecule has 1 nitrogen and oxygen atoms in total. The maximum Gasteiger partial charge on any atom is 0.124 e. The number of nitrogens with two attached hydrogens (primary N) is 1. The zero-order valence-electron chi connectivity index (χ0n) is 6.18. The molecule has 0 atom stereocenters. The van der Waals surface area contributed by atoms with Gasteiger partial charge in [0.1, 0.15) is 5.82 Å². The zero-order chi connectivity index (χ0) is 9.14. The van der Waals surface area contributed by atoms with E-state index in [2.05, 4.69) is 15.9 Å². The van der Waals surface area contributed by atoms with E-state index in [1.807, 2.05) is 0 Å². The normalized spacial score (nSPS) is 9.83. The lowest BCUT2D eigenvalue weighted by Crippen LogP contribution is -2.11. The Morgan fingerprint density at radius 1 is 1.58 bits per heavy atom. The molecule has 0 bridgehead atoms. The van der Waals surface area contributed by atoms with E-state index < -0.39 is 0 Å². The molecule has 4 heteroatoms. The molecule has 0 heterocycles. The fraction of sp³-hybridized carbons (Fsp3) is 0.125. The molecule has 0 radical (unpaired) electrons. The minimum Gasteiger partial charge on any atom is -0.393 e. The molecule has 0 fully saturated rings. The first-order valence-corrected chi connectivity index (χ1v) is 4.52. The molecule has 1 aromatic rings. The van der Waals surface area contributed by atoms with Crippen LogP contribution in [0.5, 0.6) is 0 Å². The van der Waals surface area contributed by atoms with Crippen molar-refractivity contribution in [2.45, 2.75) is 6.42 Å². The summed E-state index contributed by atoms with van der Waals surface area (Å²) in [6, 6.07) is 4.45. The molecule has 1 aromatic carbocycles. The van der Waals surface area contributed by atoms with E-state index in [0.29, 0.717) is 15.9 Å². The number of rotatable bonds is 2. The first kappa shape index (κ1) is 9.61. The molecule has 0 aliphatic carbocycles. The van der Waals surface area contributed by atoms with Crippen LogP contribution in [0, 0.1) is 5.82 Å². The van der Waals surface area contributed by atoms with Gasteiger partial charge in [-0.25, -0.2) is 4.39 Å². The summed E-state index contributed by atoms with van der Waals surface area (Å²) in [5.74, 6) is -0.270. The maximum atomic E-state index is 12.6. The van der Waals surface area contributed by atoms with E-state index in [1.54, 1.807) is 6.07 Å². The fourth-order valence-corrected chi connectivity index (χ4v) is 1.50. The lowest BCUT2D eigenvalue weighted by Gasteiger charge is -2.02. The summed E-state index contributed by atoms with van der Waals surface area (Å²) in [4.78, 5) is 0.405. The Labute approximate surface area is 83.9 Å². The van der Waals surface area contributed by atoms with Gasteiger partial charge in [-0.05, 0) is 17.7 Å². The Morgan fingerprint density at radius 2 is 2.25 bits per heavy atom. The highest BCUT2D eigenvalue weighted by atomic mass is 79.9.